The van der Waals surface area contributed by atoms with Gasteiger partial charge in [-0.15, -0.1) is 0 Å². The molecule has 2 saturated heterocycles. The van der Waals surface area contributed by atoms with Crippen molar-refractivity contribution in [3.8, 4) is 40.1 Å². The summed E-state index contributed by atoms with van der Waals surface area (Å²) in [6.45, 7) is 2.85. The number of ether oxygens (including phenoxy) is 4. The van der Waals surface area contributed by atoms with Crippen LogP contribution in [0.1, 0.15) is 13.8 Å². The first kappa shape index (κ1) is 29.8. The van der Waals surface area contributed by atoms with Gasteiger partial charge in [0, 0.05) is 17.7 Å². The van der Waals surface area contributed by atoms with Crippen molar-refractivity contribution in [3.63, 3.8) is 0 Å². The standard InChI is InChI=1S/C27H30O15/c1-8-17(31)20(34)22(36)26(38-8)40-11-6-14(30)16-15(7-11)41-24(10-3-4-12(28)13(29)5-10)25(19(16)33)42-27-23(37)21(35)18(32)9(2)39-27/h3-9,17-18,20-23,26-32,34-37H,1-2H3/t8?,9?,17-,18-,20-,21?,22?,23-,26-,27-/m0/s1. The number of rotatable bonds is 5. The van der Waals surface area contributed by atoms with Crippen LogP contribution >= 0.6 is 0 Å². The van der Waals surface area contributed by atoms with Gasteiger partial charge < -0.3 is 69.3 Å². The lowest BCUT2D eigenvalue weighted by molar-refractivity contribution is -0.268. The largest absolute Gasteiger partial charge is 0.507 e. The molecular formula is C27H30O15. The summed E-state index contributed by atoms with van der Waals surface area (Å²) in [5, 5.41) is 91.2. The summed E-state index contributed by atoms with van der Waals surface area (Å²) in [7, 11) is 0. The van der Waals surface area contributed by atoms with E-state index in [1.54, 1.807) is 0 Å². The molecule has 0 radical (unpaired) electrons. The maximum atomic E-state index is 13.7. The molecule has 0 spiro atoms. The highest BCUT2D eigenvalue weighted by atomic mass is 16.7. The summed E-state index contributed by atoms with van der Waals surface area (Å²) in [5.41, 5.74) is -1.26. The first-order chi connectivity index (χ1) is 19.8. The maximum Gasteiger partial charge on any atom is 0.239 e. The van der Waals surface area contributed by atoms with Gasteiger partial charge in [0.1, 0.15) is 59.1 Å². The van der Waals surface area contributed by atoms with Crippen molar-refractivity contribution in [2.45, 2.75) is 75.3 Å². The molecule has 2 aliphatic heterocycles. The number of fused-ring (bicyclic) bond motifs is 1. The van der Waals surface area contributed by atoms with Gasteiger partial charge in [-0.25, -0.2) is 0 Å². The molecular weight excluding hydrogens is 564 g/mol. The Hall–Kier alpha value is -3.67. The van der Waals surface area contributed by atoms with Crippen LogP contribution in [0.2, 0.25) is 0 Å². The number of benzene rings is 2. The number of aromatic hydroxyl groups is 3. The van der Waals surface area contributed by atoms with Crippen molar-refractivity contribution in [2.24, 2.45) is 0 Å². The molecule has 228 valence electrons. The lowest BCUT2D eigenvalue weighted by Gasteiger charge is -2.39. The molecule has 15 nitrogen and oxygen atoms in total. The molecule has 42 heavy (non-hydrogen) atoms. The second kappa shape index (κ2) is 11.2. The molecule has 3 heterocycles. The van der Waals surface area contributed by atoms with Crippen LogP contribution in [-0.2, 0) is 9.47 Å². The van der Waals surface area contributed by atoms with Gasteiger partial charge in [-0.05, 0) is 32.0 Å². The predicted octanol–water partition coefficient (Wildman–Crippen LogP) is -1.01. The Labute approximate surface area is 236 Å². The summed E-state index contributed by atoms with van der Waals surface area (Å²) in [6, 6.07) is 5.59. The third kappa shape index (κ3) is 5.21. The normalized spacial score (nSPS) is 33.4. The quantitative estimate of drug-likeness (QED) is 0.161. The third-order valence-corrected chi connectivity index (χ3v) is 7.25. The second-order valence-electron chi connectivity index (χ2n) is 10.2. The van der Waals surface area contributed by atoms with Crippen molar-refractivity contribution >= 4 is 11.0 Å². The number of hydrogen-bond donors (Lipinski definition) is 9. The Morgan fingerprint density at radius 3 is 1.81 bits per heavy atom. The predicted molar refractivity (Wildman–Crippen MR) is 139 cm³/mol. The summed E-state index contributed by atoms with van der Waals surface area (Å²) < 4.78 is 28.0. The van der Waals surface area contributed by atoms with E-state index in [1.807, 2.05) is 0 Å². The van der Waals surface area contributed by atoms with Crippen molar-refractivity contribution in [3.05, 3.63) is 40.6 Å². The van der Waals surface area contributed by atoms with Crippen LogP contribution < -0.4 is 14.9 Å². The monoisotopic (exact) mass is 594 g/mol. The fourth-order valence-corrected chi connectivity index (χ4v) is 4.76. The summed E-state index contributed by atoms with van der Waals surface area (Å²) in [5.74, 6) is -2.89. The second-order valence-corrected chi connectivity index (χ2v) is 10.2. The van der Waals surface area contributed by atoms with E-state index in [4.69, 9.17) is 23.4 Å². The Morgan fingerprint density at radius 1 is 0.667 bits per heavy atom. The lowest BCUT2D eigenvalue weighted by atomic mass is 10.00. The molecule has 5 rings (SSSR count). The molecule has 2 aliphatic rings. The van der Waals surface area contributed by atoms with Crippen LogP contribution in [0.5, 0.6) is 28.7 Å². The van der Waals surface area contributed by atoms with E-state index in [1.165, 1.54) is 19.9 Å². The van der Waals surface area contributed by atoms with Gasteiger partial charge >= 0.3 is 0 Å². The summed E-state index contributed by atoms with van der Waals surface area (Å²) in [4.78, 5) is 13.7. The van der Waals surface area contributed by atoms with Gasteiger partial charge in [0.05, 0.1) is 12.2 Å². The van der Waals surface area contributed by atoms with E-state index in [-0.39, 0.29) is 22.7 Å². The maximum absolute atomic E-state index is 13.7. The van der Waals surface area contributed by atoms with Gasteiger partial charge in [-0.1, -0.05) is 0 Å². The highest BCUT2D eigenvalue weighted by Gasteiger charge is 2.45. The highest BCUT2D eigenvalue weighted by Crippen LogP contribution is 2.40. The van der Waals surface area contributed by atoms with E-state index in [9.17, 15) is 50.8 Å². The zero-order valence-corrected chi connectivity index (χ0v) is 22.1. The van der Waals surface area contributed by atoms with E-state index in [0.717, 1.165) is 24.3 Å². The van der Waals surface area contributed by atoms with Crippen LogP contribution in [0.25, 0.3) is 22.3 Å². The molecule has 0 saturated carbocycles. The van der Waals surface area contributed by atoms with Crippen molar-refractivity contribution in [1.29, 1.82) is 0 Å². The van der Waals surface area contributed by atoms with E-state index in [2.05, 4.69) is 0 Å². The number of aliphatic hydroxyl groups is 6. The Bertz CT molecular complexity index is 1520. The molecule has 0 bridgehead atoms. The van der Waals surface area contributed by atoms with Crippen LogP contribution in [0.15, 0.2) is 39.5 Å². The first-order valence-electron chi connectivity index (χ1n) is 12.9. The molecule has 2 aromatic carbocycles. The number of aliphatic hydroxyl groups excluding tert-OH is 6. The minimum atomic E-state index is -1.81. The fourth-order valence-electron chi connectivity index (χ4n) is 4.76. The van der Waals surface area contributed by atoms with E-state index in [0.29, 0.717) is 0 Å². The van der Waals surface area contributed by atoms with Crippen LogP contribution in [0, 0.1) is 0 Å². The lowest BCUT2D eigenvalue weighted by Crippen LogP contribution is -2.58. The first-order valence-corrected chi connectivity index (χ1v) is 12.9. The Kier molecular flexibility index (Phi) is 7.95. The molecule has 1 aromatic heterocycles. The SMILES string of the molecule is CC1O[C@@H](Oc2c(-c3ccc(O)c(O)c3)oc3cc(O[C@@H]4OC(C)[C@H](O)[C@H](O)C4O)cc(O)c3c2=O)[C@@H](O)C(O)[C@H]1O. The van der Waals surface area contributed by atoms with Crippen LogP contribution in [0.3, 0.4) is 0 Å². The molecule has 4 unspecified atom stereocenters. The average Bonchev–Trinajstić information content (AvgIpc) is 2.94. The molecule has 10 atom stereocenters. The van der Waals surface area contributed by atoms with Crippen LogP contribution in [-0.4, -0.2) is 107 Å². The third-order valence-electron chi connectivity index (χ3n) is 7.25. The molecule has 3 aromatic rings. The zero-order valence-electron chi connectivity index (χ0n) is 22.1. The van der Waals surface area contributed by atoms with E-state index < -0.39 is 95.2 Å². The topological polar surface area (TPSA) is 249 Å². The van der Waals surface area contributed by atoms with Gasteiger partial charge in [-0.2, -0.15) is 0 Å². The van der Waals surface area contributed by atoms with E-state index >= 15 is 0 Å². The van der Waals surface area contributed by atoms with Crippen molar-refractivity contribution < 1.29 is 69.3 Å². The number of hydrogen-bond acceptors (Lipinski definition) is 15. The fraction of sp³-hybridized carbons (Fsp3) is 0.444. The number of phenolic OH excluding ortho intramolecular Hbond substituents is 3. The highest BCUT2D eigenvalue weighted by molar-refractivity contribution is 5.88. The van der Waals surface area contributed by atoms with Crippen molar-refractivity contribution in [2.75, 3.05) is 0 Å². The molecule has 2 fully saturated rings. The molecule has 15 heteroatoms. The van der Waals surface area contributed by atoms with Gasteiger partial charge in [0.2, 0.25) is 23.8 Å². The number of phenols is 3. The smallest absolute Gasteiger partial charge is 0.239 e. The average molecular weight is 595 g/mol. The minimum absolute atomic E-state index is 0.000938. The minimum Gasteiger partial charge on any atom is -0.507 e. The molecule has 9 N–H and O–H groups in total. The summed E-state index contributed by atoms with van der Waals surface area (Å²) >= 11 is 0. The van der Waals surface area contributed by atoms with Gasteiger partial charge in [-0.3, -0.25) is 4.79 Å². The summed E-state index contributed by atoms with van der Waals surface area (Å²) in [6.07, 6.45) is -14.7. The van der Waals surface area contributed by atoms with Crippen molar-refractivity contribution in [1.82, 2.24) is 0 Å². The zero-order chi connectivity index (χ0) is 30.6. The van der Waals surface area contributed by atoms with Crippen LogP contribution in [0.4, 0.5) is 0 Å². The molecule has 0 aliphatic carbocycles. The molecule has 0 amide bonds. The Morgan fingerprint density at radius 2 is 1.24 bits per heavy atom. The van der Waals surface area contributed by atoms with Gasteiger partial charge in [0.25, 0.3) is 0 Å². The van der Waals surface area contributed by atoms with Gasteiger partial charge in [0.15, 0.2) is 17.3 Å². The Balaban J connectivity index is 1.61.